The standard InChI is InChI=1S/C12H14ClFN2OS/c1-8(18(2)17)7-16-10-5-3-4-9(14)12(10)15-11(16)6-13/h3-5,8H,6-7H2,1-2H3. The minimum Gasteiger partial charge on any atom is -0.326 e. The van der Waals surface area contributed by atoms with Gasteiger partial charge in [-0.15, -0.1) is 11.6 Å². The first-order valence-corrected chi connectivity index (χ1v) is 7.72. The highest BCUT2D eigenvalue weighted by molar-refractivity contribution is 7.84. The van der Waals surface area contributed by atoms with Crippen LogP contribution in [0.25, 0.3) is 11.0 Å². The molecule has 2 aromatic rings. The molecule has 0 N–H and O–H groups in total. The summed E-state index contributed by atoms with van der Waals surface area (Å²) in [7, 11) is -0.939. The van der Waals surface area contributed by atoms with Gasteiger partial charge in [0.05, 0.1) is 11.4 Å². The molecule has 2 atom stereocenters. The van der Waals surface area contributed by atoms with Gasteiger partial charge in [0.15, 0.2) is 5.82 Å². The zero-order valence-electron chi connectivity index (χ0n) is 10.2. The van der Waals surface area contributed by atoms with Gasteiger partial charge < -0.3 is 4.57 Å². The van der Waals surface area contributed by atoms with Crippen LogP contribution in [0.2, 0.25) is 0 Å². The number of imidazole rings is 1. The van der Waals surface area contributed by atoms with Crippen LogP contribution in [-0.2, 0) is 23.2 Å². The predicted molar refractivity (Wildman–Crippen MR) is 72.8 cm³/mol. The number of halogens is 2. The fourth-order valence-electron chi connectivity index (χ4n) is 1.83. The van der Waals surface area contributed by atoms with Crippen LogP contribution in [0.3, 0.4) is 0 Å². The average Bonchev–Trinajstić information content (AvgIpc) is 2.69. The summed E-state index contributed by atoms with van der Waals surface area (Å²) >= 11 is 5.84. The topological polar surface area (TPSA) is 34.9 Å². The Bertz CT molecular complexity index is 599. The Hall–Kier alpha value is -0.940. The summed E-state index contributed by atoms with van der Waals surface area (Å²) in [6, 6.07) is 4.81. The average molecular weight is 289 g/mol. The Balaban J connectivity index is 2.54. The zero-order valence-corrected chi connectivity index (χ0v) is 11.8. The third kappa shape index (κ3) is 2.42. The van der Waals surface area contributed by atoms with Crippen LogP contribution in [-0.4, -0.2) is 25.3 Å². The fourth-order valence-corrected chi connectivity index (χ4v) is 2.39. The molecule has 0 spiro atoms. The summed E-state index contributed by atoms with van der Waals surface area (Å²) in [5.41, 5.74) is 1.02. The Kier molecular flexibility index (Phi) is 4.02. The van der Waals surface area contributed by atoms with Crippen molar-refractivity contribution in [3.63, 3.8) is 0 Å². The molecule has 0 radical (unpaired) electrons. The van der Waals surface area contributed by atoms with Crippen molar-refractivity contribution in [2.75, 3.05) is 6.26 Å². The lowest BCUT2D eigenvalue weighted by molar-refractivity contribution is 0.637. The molecule has 0 fully saturated rings. The third-order valence-corrected chi connectivity index (χ3v) is 4.46. The summed E-state index contributed by atoms with van der Waals surface area (Å²) in [6.07, 6.45) is 1.66. The van der Waals surface area contributed by atoms with Crippen LogP contribution in [0.4, 0.5) is 4.39 Å². The monoisotopic (exact) mass is 288 g/mol. The molecule has 0 saturated carbocycles. The van der Waals surface area contributed by atoms with Crippen LogP contribution in [0.1, 0.15) is 12.7 Å². The normalized spacial score (nSPS) is 14.9. The molecule has 1 aromatic carbocycles. The molecule has 2 unspecified atom stereocenters. The van der Waals surface area contributed by atoms with Gasteiger partial charge in [0, 0.05) is 28.9 Å². The molecule has 0 aliphatic carbocycles. The maximum Gasteiger partial charge on any atom is 0.151 e. The van der Waals surface area contributed by atoms with Gasteiger partial charge in [-0.05, 0) is 19.1 Å². The smallest absolute Gasteiger partial charge is 0.151 e. The summed E-state index contributed by atoms with van der Waals surface area (Å²) in [4.78, 5) is 4.20. The van der Waals surface area contributed by atoms with E-state index in [-0.39, 0.29) is 16.9 Å². The first-order chi connectivity index (χ1) is 8.54. The third-order valence-electron chi connectivity index (χ3n) is 2.93. The van der Waals surface area contributed by atoms with Gasteiger partial charge in [-0.2, -0.15) is 0 Å². The summed E-state index contributed by atoms with van der Waals surface area (Å²) < 4.78 is 26.9. The maximum absolute atomic E-state index is 13.6. The molecule has 2 rings (SSSR count). The first kappa shape index (κ1) is 13.5. The molecule has 0 aliphatic heterocycles. The van der Waals surface area contributed by atoms with E-state index in [9.17, 15) is 8.60 Å². The number of benzene rings is 1. The van der Waals surface area contributed by atoms with E-state index in [1.54, 1.807) is 18.4 Å². The fraction of sp³-hybridized carbons (Fsp3) is 0.417. The maximum atomic E-state index is 13.6. The van der Waals surface area contributed by atoms with Crippen molar-refractivity contribution in [2.24, 2.45) is 0 Å². The second-order valence-electron chi connectivity index (χ2n) is 4.19. The molecule has 6 heteroatoms. The molecule has 1 aromatic heterocycles. The SMILES string of the molecule is CC(Cn1c(CCl)nc2c(F)cccc21)S(C)=O. The van der Waals surface area contributed by atoms with Gasteiger partial charge in [-0.3, -0.25) is 4.21 Å². The van der Waals surface area contributed by atoms with Crippen LogP contribution in [0.15, 0.2) is 18.2 Å². The second-order valence-corrected chi connectivity index (χ2v) is 6.26. The minimum atomic E-state index is -0.939. The van der Waals surface area contributed by atoms with Crippen molar-refractivity contribution in [1.82, 2.24) is 9.55 Å². The van der Waals surface area contributed by atoms with Gasteiger partial charge in [-0.25, -0.2) is 9.37 Å². The Morgan fingerprint density at radius 3 is 2.89 bits per heavy atom. The van der Waals surface area contributed by atoms with Crippen LogP contribution in [0, 0.1) is 5.82 Å². The number of hydrogen-bond acceptors (Lipinski definition) is 2. The van der Waals surface area contributed by atoms with Crippen molar-refractivity contribution in [3.05, 3.63) is 29.8 Å². The van der Waals surface area contributed by atoms with Crippen LogP contribution >= 0.6 is 11.6 Å². The number of rotatable bonds is 4. The van der Waals surface area contributed by atoms with Gasteiger partial charge >= 0.3 is 0 Å². The van der Waals surface area contributed by atoms with E-state index in [4.69, 9.17) is 11.6 Å². The largest absolute Gasteiger partial charge is 0.326 e. The van der Waals surface area contributed by atoms with Crippen molar-refractivity contribution in [2.45, 2.75) is 24.6 Å². The van der Waals surface area contributed by atoms with E-state index >= 15 is 0 Å². The van der Waals surface area contributed by atoms with Gasteiger partial charge in [0.2, 0.25) is 0 Å². The van der Waals surface area contributed by atoms with E-state index < -0.39 is 10.8 Å². The Labute approximate surface area is 112 Å². The minimum absolute atomic E-state index is 0.0346. The molecule has 0 saturated heterocycles. The van der Waals surface area contributed by atoms with Crippen LogP contribution < -0.4 is 0 Å². The van der Waals surface area contributed by atoms with Crippen molar-refractivity contribution in [3.8, 4) is 0 Å². The van der Waals surface area contributed by atoms with E-state index in [0.29, 0.717) is 23.4 Å². The highest BCUT2D eigenvalue weighted by atomic mass is 35.5. The van der Waals surface area contributed by atoms with Gasteiger partial charge in [0.25, 0.3) is 0 Å². The number of fused-ring (bicyclic) bond motifs is 1. The molecule has 3 nitrogen and oxygen atoms in total. The van der Waals surface area contributed by atoms with Crippen molar-refractivity contribution in [1.29, 1.82) is 0 Å². The lowest BCUT2D eigenvalue weighted by Gasteiger charge is -2.12. The predicted octanol–water partition coefficient (Wildman–Crippen LogP) is 2.68. The Morgan fingerprint density at radius 2 is 2.28 bits per heavy atom. The molecule has 0 bridgehead atoms. The molecule has 98 valence electrons. The van der Waals surface area contributed by atoms with E-state index in [1.807, 2.05) is 11.5 Å². The summed E-state index contributed by atoms with van der Waals surface area (Å²) in [5, 5.41) is -0.0346. The zero-order chi connectivity index (χ0) is 13.3. The van der Waals surface area contributed by atoms with Crippen molar-refractivity contribution >= 4 is 33.4 Å². The first-order valence-electron chi connectivity index (χ1n) is 5.56. The van der Waals surface area contributed by atoms with Crippen molar-refractivity contribution < 1.29 is 8.60 Å². The molecule has 0 aliphatic rings. The second kappa shape index (κ2) is 5.36. The lowest BCUT2D eigenvalue weighted by atomic mass is 10.3. The number of alkyl halides is 1. The highest BCUT2D eigenvalue weighted by Gasteiger charge is 2.16. The van der Waals surface area contributed by atoms with E-state index in [1.165, 1.54) is 6.07 Å². The van der Waals surface area contributed by atoms with E-state index in [2.05, 4.69) is 4.98 Å². The Morgan fingerprint density at radius 1 is 1.56 bits per heavy atom. The number of nitrogens with zero attached hydrogens (tertiary/aromatic N) is 2. The van der Waals surface area contributed by atoms with Gasteiger partial charge in [-0.1, -0.05) is 6.07 Å². The molecule has 1 heterocycles. The number of aromatic nitrogens is 2. The lowest BCUT2D eigenvalue weighted by Crippen LogP contribution is -2.18. The number of hydrogen-bond donors (Lipinski definition) is 0. The van der Waals surface area contributed by atoms with Gasteiger partial charge in [0.1, 0.15) is 11.3 Å². The quantitative estimate of drug-likeness (QED) is 0.811. The highest BCUT2D eigenvalue weighted by Crippen LogP contribution is 2.21. The molecular weight excluding hydrogens is 275 g/mol. The molecule has 18 heavy (non-hydrogen) atoms. The van der Waals surface area contributed by atoms with Crippen LogP contribution in [0.5, 0.6) is 0 Å². The molecule has 0 amide bonds. The summed E-state index contributed by atoms with van der Waals surface area (Å²) in [6.45, 7) is 2.41. The number of para-hydroxylation sites is 1. The molecular formula is C12H14ClFN2OS. The van der Waals surface area contributed by atoms with E-state index in [0.717, 1.165) is 0 Å². The summed E-state index contributed by atoms with van der Waals surface area (Å²) in [5.74, 6) is 0.453.